The summed E-state index contributed by atoms with van der Waals surface area (Å²) in [6.07, 6.45) is 1.59. The molecular weight excluding hydrogens is 328 g/mol. The second kappa shape index (κ2) is 9.17. The van der Waals surface area contributed by atoms with Gasteiger partial charge in [-0.05, 0) is 30.5 Å². The number of carbonyl (C=O) groups excluding carboxylic acids is 1. The molecule has 0 atom stereocenters. The fourth-order valence-corrected chi connectivity index (χ4v) is 2.96. The number of ether oxygens (including phenoxy) is 1. The lowest BCUT2D eigenvalue weighted by Gasteiger charge is -2.06. The SMILES string of the molecule is CCCn1c(SCC(=O)NCCc2ccc(OC)cc2)n[nH]c1=O. The number of H-pyrrole nitrogens is 1. The lowest BCUT2D eigenvalue weighted by Crippen LogP contribution is -2.27. The molecule has 1 aromatic heterocycles. The molecule has 0 bridgehead atoms. The number of nitrogens with zero attached hydrogens (tertiary/aromatic N) is 2. The van der Waals surface area contributed by atoms with Crippen LogP contribution in [0.4, 0.5) is 0 Å². The van der Waals surface area contributed by atoms with Crippen LogP contribution >= 0.6 is 11.8 Å². The minimum absolute atomic E-state index is 0.0768. The van der Waals surface area contributed by atoms with Crippen LogP contribution in [0.3, 0.4) is 0 Å². The molecule has 0 aliphatic rings. The smallest absolute Gasteiger partial charge is 0.343 e. The highest BCUT2D eigenvalue weighted by Crippen LogP contribution is 2.13. The van der Waals surface area contributed by atoms with Crippen molar-refractivity contribution in [1.29, 1.82) is 0 Å². The molecule has 0 spiro atoms. The summed E-state index contributed by atoms with van der Waals surface area (Å²) in [7, 11) is 1.63. The molecule has 0 radical (unpaired) electrons. The van der Waals surface area contributed by atoms with Gasteiger partial charge in [-0.2, -0.15) is 0 Å². The van der Waals surface area contributed by atoms with Crippen LogP contribution in [0.25, 0.3) is 0 Å². The van der Waals surface area contributed by atoms with Gasteiger partial charge in [0.15, 0.2) is 5.16 Å². The van der Waals surface area contributed by atoms with Gasteiger partial charge in [-0.3, -0.25) is 9.36 Å². The molecule has 0 saturated heterocycles. The van der Waals surface area contributed by atoms with Gasteiger partial charge in [0.05, 0.1) is 12.9 Å². The van der Waals surface area contributed by atoms with Crippen LogP contribution in [0.2, 0.25) is 0 Å². The summed E-state index contributed by atoms with van der Waals surface area (Å²) < 4.78 is 6.66. The Bertz CT molecular complexity index is 709. The van der Waals surface area contributed by atoms with E-state index < -0.39 is 0 Å². The summed E-state index contributed by atoms with van der Waals surface area (Å²) in [4.78, 5) is 23.5. The summed E-state index contributed by atoms with van der Waals surface area (Å²) in [5.41, 5.74) is 0.895. The second-order valence-electron chi connectivity index (χ2n) is 5.20. The molecule has 2 N–H and O–H groups in total. The number of hydrogen-bond donors (Lipinski definition) is 2. The Hall–Kier alpha value is -2.22. The predicted octanol–water partition coefficient (Wildman–Crippen LogP) is 1.44. The zero-order chi connectivity index (χ0) is 17.4. The second-order valence-corrected chi connectivity index (χ2v) is 6.14. The highest BCUT2D eigenvalue weighted by Gasteiger charge is 2.10. The molecule has 2 aromatic rings. The summed E-state index contributed by atoms with van der Waals surface area (Å²) in [6, 6.07) is 7.76. The first-order valence-electron chi connectivity index (χ1n) is 7.81. The molecule has 1 heterocycles. The molecule has 2 rings (SSSR count). The normalized spacial score (nSPS) is 10.6. The molecule has 130 valence electrons. The lowest BCUT2D eigenvalue weighted by atomic mass is 10.1. The Balaban J connectivity index is 1.74. The number of aromatic nitrogens is 3. The van der Waals surface area contributed by atoms with Gasteiger partial charge in [-0.25, -0.2) is 9.89 Å². The predicted molar refractivity (Wildman–Crippen MR) is 93.6 cm³/mol. The lowest BCUT2D eigenvalue weighted by molar-refractivity contribution is -0.118. The van der Waals surface area contributed by atoms with Gasteiger partial charge in [0, 0.05) is 13.1 Å². The molecular formula is C16H22N4O3S. The number of nitrogens with one attached hydrogen (secondary N) is 2. The molecule has 0 unspecified atom stereocenters. The first-order chi connectivity index (χ1) is 11.6. The Morgan fingerprint density at radius 2 is 2.12 bits per heavy atom. The van der Waals surface area contributed by atoms with E-state index in [1.807, 2.05) is 31.2 Å². The van der Waals surface area contributed by atoms with Gasteiger partial charge in [-0.1, -0.05) is 30.8 Å². The topological polar surface area (TPSA) is 89.0 Å². The Kier molecular flexibility index (Phi) is 6.92. The highest BCUT2D eigenvalue weighted by atomic mass is 32.2. The maximum Gasteiger partial charge on any atom is 0.343 e. The third kappa shape index (κ3) is 5.16. The summed E-state index contributed by atoms with van der Waals surface area (Å²) >= 11 is 1.26. The number of rotatable bonds is 9. The number of thioether (sulfide) groups is 1. The number of aromatic amines is 1. The van der Waals surface area contributed by atoms with Gasteiger partial charge < -0.3 is 10.1 Å². The molecule has 0 fully saturated rings. The van der Waals surface area contributed by atoms with Gasteiger partial charge >= 0.3 is 5.69 Å². The first kappa shape index (κ1) is 18.1. The Morgan fingerprint density at radius 3 is 2.79 bits per heavy atom. The number of carbonyl (C=O) groups is 1. The number of benzene rings is 1. The van der Waals surface area contributed by atoms with Crippen molar-refractivity contribution in [2.24, 2.45) is 0 Å². The number of methoxy groups -OCH3 is 1. The maximum absolute atomic E-state index is 11.9. The van der Waals surface area contributed by atoms with E-state index >= 15 is 0 Å². The monoisotopic (exact) mass is 350 g/mol. The largest absolute Gasteiger partial charge is 0.497 e. The third-order valence-corrected chi connectivity index (χ3v) is 4.37. The van der Waals surface area contributed by atoms with Crippen LogP contribution < -0.4 is 15.7 Å². The summed E-state index contributed by atoms with van der Waals surface area (Å²) in [5.74, 6) is 0.972. The van der Waals surface area contributed by atoms with Crippen LogP contribution in [0.15, 0.2) is 34.2 Å². The zero-order valence-electron chi connectivity index (χ0n) is 13.9. The summed E-state index contributed by atoms with van der Waals surface area (Å²) in [6.45, 7) is 3.14. The van der Waals surface area contributed by atoms with Gasteiger partial charge in [0.1, 0.15) is 5.75 Å². The number of amides is 1. The van der Waals surface area contributed by atoms with Crippen molar-refractivity contribution >= 4 is 17.7 Å². The quantitative estimate of drug-likeness (QED) is 0.668. The Morgan fingerprint density at radius 1 is 1.38 bits per heavy atom. The van der Waals surface area contributed by atoms with E-state index in [1.54, 1.807) is 11.7 Å². The molecule has 24 heavy (non-hydrogen) atoms. The van der Waals surface area contributed by atoms with Crippen LogP contribution in [0.5, 0.6) is 5.75 Å². The van der Waals surface area contributed by atoms with Crippen molar-refractivity contribution in [1.82, 2.24) is 20.1 Å². The van der Waals surface area contributed by atoms with Crippen LogP contribution in [-0.2, 0) is 17.8 Å². The van der Waals surface area contributed by atoms with E-state index in [4.69, 9.17) is 4.74 Å². The molecule has 8 heteroatoms. The van der Waals surface area contributed by atoms with Crippen molar-refractivity contribution < 1.29 is 9.53 Å². The standard InChI is InChI=1S/C16H22N4O3S/c1-3-10-20-15(22)18-19-16(20)24-11-14(21)17-9-8-12-4-6-13(23-2)7-5-12/h4-7H,3,8-11H2,1-2H3,(H,17,21)(H,18,22). The van der Waals surface area contributed by atoms with Crippen LogP contribution in [0, 0.1) is 0 Å². The fourth-order valence-electron chi connectivity index (χ4n) is 2.15. The maximum atomic E-state index is 11.9. The average molecular weight is 350 g/mol. The molecule has 1 aromatic carbocycles. The highest BCUT2D eigenvalue weighted by molar-refractivity contribution is 7.99. The van der Waals surface area contributed by atoms with E-state index in [0.29, 0.717) is 18.2 Å². The summed E-state index contributed by atoms with van der Waals surface area (Å²) in [5, 5.41) is 9.78. The first-order valence-corrected chi connectivity index (χ1v) is 8.80. The number of hydrogen-bond acceptors (Lipinski definition) is 5. The average Bonchev–Trinajstić information content (AvgIpc) is 2.94. The van der Waals surface area contributed by atoms with E-state index in [9.17, 15) is 9.59 Å². The molecule has 7 nitrogen and oxygen atoms in total. The van der Waals surface area contributed by atoms with Crippen molar-refractivity contribution in [3.05, 3.63) is 40.3 Å². The van der Waals surface area contributed by atoms with E-state index in [2.05, 4.69) is 15.5 Å². The van der Waals surface area contributed by atoms with Gasteiger partial charge in [0.25, 0.3) is 0 Å². The van der Waals surface area contributed by atoms with Crippen LogP contribution in [-0.4, -0.2) is 40.1 Å². The molecule has 0 saturated carbocycles. The van der Waals surface area contributed by atoms with Crippen molar-refractivity contribution in [3.63, 3.8) is 0 Å². The van der Waals surface area contributed by atoms with E-state index in [-0.39, 0.29) is 17.3 Å². The third-order valence-electron chi connectivity index (χ3n) is 3.40. The minimum Gasteiger partial charge on any atom is -0.497 e. The minimum atomic E-state index is -0.237. The molecule has 0 aliphatic heterocycles. The van der Waals surface area contributed by atoms with Gasteiger partial charge in [-0.15, -0.1) is 5.10 Å². The van der Waals surface area contributed by atoms with Crippen LogP contribution in [0.1, 0.15) is 18.9 Å². The van der Waals surface area contributed by atoms with E-state index in [0.717, 1.165) is 24.2 Å². The Labute approximate surface area is 144 Å². The fraction of sp³-hybridized carbons (Fsp3) is 0.438. The zero-order valence-corrected chi connectivity index (χ0v) is 14.7. The van der Waals surface area contributed by atoms with Gasteiger partial charge in [0.2, 0.25) is 5.91 Å². The van der Waals surface area contributed by atoms with Crippen molar-refractivity contribution in [3.8, 4) is 5.75 Å². The van der Waals surface area contributed by atoms with E-state index in [1.165, 1.54) is 11.8 Å². The molecule has 1 amide bonds. The molecule has 0 aliphatic carbocycles. The van der Waals surface area contributed by atoms with Crippen molar-refractivity contribution in [2.45, 2.75) is 31.5 Å². The van der Waals surface area contributed by atoms with Crippen molar-refractivity contribution in [2.75, 3.05) is 19.4 Å².